The Bertz CT molecular complexity index is 1000. The van der Waals surface area contributed by atoms with Crippen LogP contribution in [0.4, 0.5) is 8.78 Å². The second-order valence-corrected chi connectivity index (χ2v) is 6.34. The van der Waals surface area contributed by atoms with E-state index in [1.807, 2.05) is 38.1 Å². The van der Waals surface area contributed by atoms with Gasteiger partial charge in [0, 0.05) is 18.0 Å². The van der Waals surface area contributed by atoms with E-state index < -0.39 is 17.6 Å². The Hall–Kier alpha value is -2.86. The number of aromatic nitrogens is 1. The van der Waals surface area contributed by atoms with E-state index in [1.54, 1.807) is 0 Å². The molecule has 0 radical (unpaired) electrons. The Morgan fingerprint density at radius 2 is 1.93 bits per heavy atom. The number of nitrogens with zero attached hydrogens (tertiary/aromatic N) is 1. The van der Waals surface area contributed by atoms with Gasteiger partial charge >= 0.3 is 5.97 Å². The lowest BCUT2D eigenvalue weighted by Crippen LogP contribution is -2.22. The van der Waals surface area contributed by atoms with Gasteiger partial charge in [-0.3, -0.25) is 4.98 Å². The molecule has 1 N–H and O–H groups in total. The molecule has 27 heavy (non-hydrogen) atoms. The standard InChI is InChI=1S/C21H20F2N2O2/c1-12-15-6-4-5-7-18(15)25-19(20(12)21(26)27-3)11-24-13(2)14-8-9-16(22)17(23)10-14/h4-10,13,24H,11H2,1-3H3. The second-order valence-electron chi connectivity index (χ2n) is 6.34. The highest BCUT2D eigenvalue weighted by Crippen LogP contribution is 2.24. The average molecular weight is 370 g/mol. The third-order valence-corrected chi connectivity index (χ3v) is 4.64. The number of methoxy groups -OCH3 is 1. The molecule has 0 bridgehead atoms. The van der Waals surface area contributed by atoms with E-state index in [1.165, 1.54) is 13.2 Å². The fraction of sp³-hybridized carbons (Fsp3) is 0.238. The predicted molar refractivity (Wildman–Crippen MR) is 99.4 cm³/mol. The summed E-state index contributed by atoms with van der Waals surface area (Å²) in [6.45, 7) is 3.97. The maximum atomic E-state index is 13.5. The molecule has 3 aromatic rings. The summed E-state index contributed by atoms with van der Waals surface area (Å²) in [5, 5.41) is 4.10. The van der Waals surface area contributed by atoms with Gasteiger partial charge in [0.15, 0.2) is 11.6 Å². The summed E-state index contributed by atoms with van der Waals surface area (Å²) in [4.78, 5) is 16.9. The molecular formula is C21H20F2N2O2. The zero-order valence-corrected chi connectivity index (χ0v) is 15.3. The second kappa shape index (κ2) is 7.80. The van der Waals surface area contributed by atoms with Crippen molar-refractivity contribution in [1.82, 2.24) is 10.3 Å². The number of benzene rings is 2. The SMILES string of the molecule is COC(=O)c1c(CNC(C)c2ccc(F)c(F)c2)nc2ccccc2c1C. The van der Waals surface area contributed by atoms with Crippen molar-refractivity contribution >= 4 is 16.9 Å². The first-order valence-electron chi connectivity index (χ1n) is 8.57. The molecule has 140 valence electrons. The summed E-state index contributed by atoms with van der Waals surface area (Å²) in [5.41, 5.74) is 3.14. The molecule has 1 unspecified atom stereocenters. The van der Waals surface area contributed by atoms with Crippen molar-refractivity contribution < 1.29 is 18.3 Å². The smallest absolute Gasteiger partial charge is 0.340 e. The van der Waals surface area contributed by atoms with Gasteiger partial charge < -0.3 is 10.1 Å². The maximum absolute atomic E-state index is 13.5. The van der Waals surface area contributed by atoms with Gasteiger partial charge in [0.2, 0.25) is 0 Å². The number of halogens is 2. The molecule has 0 aliphatic heterocycles. The van der Waals surface area contributed by atoms with Crippen LogP contribution in [0.3, 0.4) is 0 Å². The van der Waals surface area contributed by atoms with E-state index in [2.05, 4.69) is 10.3 Å². The number of para-hydroxylation sites is 1. The van der Waals surface area contributed by atoms with Gasteiger partial charge in [0.25, 0.3) is 0 Å². The quantitative estimate of drug-likeness (QED) is 0.674. The zero-order chi connectivity index (χ0) is 19.6. The number of hydrogen-bond donors (Lipinski definition) is 1. The van der Waals surface area contributed by atoms with Gasteiger partial charge in [-0.1, -0.05) is 24.3 Å². The van der Waals surface area contributed by atoms with Crippen molar-refractivity contribution in [3.05, 3.63) is 76.5 Å². The first kappa shape index (κ1) is 18.9. The summed E-state index contributed by atoms with van der Waals surface area (Å²) in [7, 11) is 1.33. The highest BCUT2D eigenvalue weighted by Gasteiger charge is 2.20. The topological polar surface area (TPSA) is 51.2 Å². The Morgan fingerprint density at radius 3 is 2.63 bits per heavy atom. The van der Waals surface area contributed by atoms with Gasteiger partial charge in [-0.05, 0) is 43.2 Å². The number of nitrogens with one attached hydrogen (secondary N) is 1. The van der Waals surface area contributed by atoms with Crippen LogP contribution in [0.15, 0.2) is 42.5 Å². The summed E-state index contributed by atoms with van der Waals surface area (Å²) in [5.74, 6) is -2.23. The van der Waals surface area contributed by atoms with Crippen LogP contribution < -0.4 is 5.32 Å². The molecule has 2 aromatic carbocycles. The third-order valence-electron chi connectivity index (χ3n) is 4.64. The van der Waals surface area contributed by atoms with E-state index in [0.29, 0.717) is 16.8 Å². The first-order chi connectivity index (χ1) is 12.9. The van der Waals surface area contributed by atoms with Crippen molar-refractivity contribution in [3.63, 3.8) is 0 Å². The Morgan fingerprint density at radius 1 is 1.19 bits per heavy atom. The third kappa shape index (κ3) is 3.80. The van der Waals surface area contributed by atoms with Crippen LogP contribution in [0.2, 0.25) is 0 Å². The summed E-state index contributed by atoms with van der Waals surface area (Å²) < 4.78 is 31.5. The van der Waals surface area contributed by atoms with E-state index >= 15 is 0 Å². The molecule has 4 nitrogen and oxygen atoms in total. The molecule has 1 heterocycles. The fourth-order valence-corrected chi connectivity index (χ4v) is 3.09. The lowest BCUT2D eigenvalue weighted by atomic mass is 10.0. The van der Waals surface area contributed by atoms with Crippen molar-refractivity contribution in [2.75, 3.05) is 7.11 Å². The number of aryl methyl sites for hydroxylation is 1. The minimum atomic E-state index is -0.893. The maximum Gasteiger partial charge on any atom is 0.340 e. The van der Waals surface area contributed by atoms with Crippen LogP contribution in [0.25, 0.3) is 10.9 Å². The van der Waals surface area contributed by atoms with E-state index in [-0.39, 0.29) is 12.6 Å². The van der Waals surface area contributed by atoms with Crippen LogP contribution in [0.1, 0.15) is 40.1 Å². The van der Waals surface area contributed by atoms with Gasteiger partial charge in [-0.2, -0.15) is 0 Å². The monoisotopic (exact) mass is 370 g/mol. The predicted octanol–water partition coefficient (Wildman–Crippen LogP) is 4.46. The average Bonchev–Trinajstić information content (AvgIpc) is 2.67. The van der Waals surface area contributed by atoms with Gasteiger partial charge in [0.05, 0.1) is 23.9 Å². The molecule has 0 aliphatic carbocycles. The molecule has 1 aromatic heterocycles. The molecule has 6 heteroatoms. The van der Waals surface area contributed by atoms with E-state index in [9.17, 15) is 13.6 Å². The summed E-state index contributed by atoms with van der Waals surface area (Å²) >= 11 is 0. The highest BCUT2D eigenvalue weighted by atomic mass is 19.2. The van der Waals surface area contributed by atoms with Crippen molar-refractivity contribution in [2.45, 2.75) is 26.4 Å². The molecule has 0 fully saturated rings. The molecule has 1 atom stereocenters. The number of fused-ring (bicyclic) bond motifs is 1. The Balaban J connectivity index is 1.93. The van der Waals surface area contributed by atoms with Gasteiger partial charge in [-0.15, -0.1) is 0 Å². The normalized spacial score (nSPS) is 12.2. The van der Waals surface area contributed by atoms with Crippen molar-refractivity contribution in [3.8, 4) is 0 Å². The van der Waals surface area contributed by atoms with E-state index in [4.69, 9.17) is 4.74 Å². The number of rotatable bonds is 5. The number of hydrogen-bond acceptors (Lipinski definition) is 4. The number of carbonyl (C=O) groups excluding carboxylic acids is 1. The number of esters is 1. The molecule has 0 spiro atoms. The van der Waals surface area contributed by atoms with Crippen LogP contribution in [-0.4, -0.2) is 18.1 Å². The number of ether oxygens (including phenoxy) is 1. The van der Waals surface area contributed by atoms with Crippen LogP contribution >= 0.6 is 0 Å². The largest absolute Gasteiger partial charge is 0.465 e. The zero-order valence-electron chi connectivity index (χ0n) is 15.3. The molecule has 0 aliphatic rings. The summed E-state index contributed by atoms with van der Waals surface area (Å²) in [6.07, 6.45) is 0. The molecular weight excluding hydrogens is 350 g/mol. The summed E-state index contributed by atoms with van der Waals surface area (Å²) in [6, 6.07) is 11.1. The molecule has 0 saturated heterocycles. The first-order valence-corrected chi connectivity index (χ1v) is 8.57. The van der Waals surface area contributed by atoms with Crippen LogP contribution in [0, 0.1) is 18.6 Å². The number of pyridine rings is 1. The molecule has 0 saturated carbocycles. The lowest BCUT2D eigenvalue weighted by Gasteiger charge is -2.17. The van der Waals surface area contributed by atoms with Crippen molar-refractivity contribution in [1.29, 1.82) is 0 Å². The van der Waals surface area contributed by atoms with Gasteiger partial charge in [-0.25, -0.2) is 13.6 Å². The fourth-order valence-electron chi connectivity index (χ4n) is 3.09. The molecule has 3 rings (SSSR count). The Labute approximate surface area is 156 Å². The van der Waals surface area contributed by atoms with Gasteiger partial charge in [0.1, 0.15) is 0 Å². The van der Waals surface area contributed by atoms with E-state index in [0.717, 1.165) is 28.6 Å². The highest BCUT2D eigenvalue weighted by molar-refractivity contribution is 5.98. The number of carbonyl (C=O) groups is 1. The minimum Gasteiger partial charge on any atom is -0.465 e. The van der Waals surface area contributed by atoms with Crippen LogP contribution in [0.5, 0.6) is 0 Å². The minimum absolute atomic E-state index is 0.265. The van der Waals surface area contributed by atoms with Crippen molar-refractivity contribution in [2.24, 2.45) is 0 Å². The molecule has 0 amide bonds. The van der Waals surface area contributed by atoms with Crippen LogP contribution in [-0.2, 0) is 11.3 Å². The Kier molecular flexibility index (Phi) is 5.46. The lowest BCUT2D eigenvalue weighted by molar-refractivity contribution is 0.0598.